The van der Waals surface area contributed by atoms with E-state index in [-0.39, 0.29) is 5.91 Å². The molecule has 2 aromatic carbocycles. The third kappa shape index (κ3) is 4.31. The molecule has 1 aromatic heterocycles. The van der Waals surface area contributed by atoms with E-state index in [1.54, 1.807) is 24.3 Å². The van der Waals surface area contributed by atoms with E-state index in [0.29, 0.717) is 28.6 Å². The van der Waals surface area contributed by atoms with E-state index < -0.39 is 0 Å². The predicted molar refractivity (Wildman–Crippen MR) is 107 cm³/mol. The Morgan fingerprint density at radius 1 is 1.00 bits per heavy atom. The van der Waals surface area contributed by atoms with Crippen molar-refractivity contribution in [3.63, 3.8) is 0 Å². The fourth-order valence-corrected chi connectivity index (χ4v) is 2.74. The quantitative estimate of drug-likeness (QED) is 0.669. The second-order valence-electron chi connectivity index (χ2n) is 6.41. The Kier molecular flexibility index (Phi) is 5.48. The number of pyridine rings is 1. The number of para-hydroxylation sites is 2. The van der Waals surface area contributed by atoms with Gasteiger partial charge in [-0.1, -0.05) is 44.2 Å². The summed E-state index contributed by atoms with van der Waals surface area (Å²) in [4.78, 5) is 16.8. The maximum absolute atomic E-state index is 12.5. The minimum absolute atomic E-state index is 0.209. The third-order valence-electron chi connectivity index (χ3n) is 4.17. The number of benzene rings is 2. The van der Waals surface area contributed by atoms with Crippen molar-refractivity contribution < 1.29 is 4.79 Å². The molecular formula is C22H20N4O. The molecule has 0 saturated heterocycles. The molecule has 0 spiro atoms. The molecule has 0 aliphatic rings. The summed E-state index contributed by atoms with van der Waals surface area (Å²) in [5, 5.41) is 15.2. The number of carbonyl (C=O) groups excluding carboxylic acids is 1. The summed E-state index contributed by atoms with van der Waals surface area (Å²) in [7, 11) is 0. The van der Waals surface area contributed by atoms with Crippen LogP contribution in [0.2, 0.25) is 0 Å². The van der Waals surface area contributed by atoms with Crippen molar-refractivity contribution in [2.75, 3.05) is 10.6 Å². The number of carbonyl (C=O) groups is 1. The van der Waals surface area contributed by atoms with E-state index in [0.717, 1.165) is 11.3 Å². The first-order valence-electron chi connectivity index (χ1n) is 8.71. The van der Waals surface area contributed by atoms with Gasteiger partial charge in [-0.15, -0.1) is 0 Å². The van der Waals surface area contributed by atoms with Crippen LogP contribution in [0.1, 0.15) is 41.3 Å². The minimum Gasteiger partial charge on any atom is -0.339 e. The topological polar surface area (TPSA) is 77.8 Å². The van der Waals surface area contributed by atoms with E-state index in [9.17, 15) is 4.79 Å². The average molecular weight is 356 g/mol. The monoisotopic (exact) mass is 356 g/mol. The molecule has 0 bridgehead atoms. The zero-order valence-electron chi connectivity index (χ0n) is 15.2. The molecule has 1 amide bonds. The molecule has 134 valence electrons. The van der Waals surface area contributed by atoms with Gasteiger partial charge in [-0.05, 0) is 41.8 Å². The number of rotatable bonds is 5. The molecule has 27 heavy (non-hydrogen) atoms. The molecule has 0 aliphatic heterocycles. The largest absolute Gasteiger partial charge is 0.339 e. The Morgan fingerprint density at radius 2 is 1.70 bits per heavy atom. The van der Waals surface area contributed by atoms with Gasteiger partial charge in [0.15, 0.2) is 0 Å². The Hall–Kier alpha value is -3.65. The van der Waals surface area contributed by atoms with E-state index in [1.165, 1.54) is 6.20 Å². The van der Waals surface area contributed by atoms with Gasteiger partial charge in [0.05, 0.1) is 16.8 Å². The van der Waals surface area contributed by atoms with E-state index in [4.69, 9.17) is 5.26 Å². The lowest BCUT2D eigenvalue weighted by atomic mass is 10.0. The molecule has 0 atom stereocenters. The van der Waals surface area contributed by atoms with Crippen LogP contribution in [-0.4, -0.2) is 10.9 Å². The molecule has 0 unspecified atom stereocenters. The molecule has 1 heterocycles. The summed E-state index contributed by atoms with van der Waals surface area (Å²) in [6, 6.07) is 20.5. The summed E-state index contributed by atoms with van der Waals surface area (Å²) >= 11 is 0. The van der Waals surface area contributed by atoms with Crippen molar-refractivity contribution >= 4 is 23.1 Å². The normalized spacial score (nSPS) is 10.3. The standard InChI is InChI=1S/C22H20N4O/c1-15(2)18-8-4-6-10-20(18)26-22(27)17-11-12-21(24-14-17)25-19-9-5-3-7-16(19)13-23/h3-12,14-15H,1-2H3,(H,24,25)(H,26,27). The van der Waals surface area contributed by atoms with Gasteiger partial charge >= 0.3 is 0 Å². The number of hydrogen-bond acceptors (Lipinski definition) is 4. The minimum atomic E-state index is -0.209. The van der Waals surface area contributed by atoms with Crippen LogP contribution in [0.5, 0.6) is 0 Å². The number of nitrogens with zero attached hydrogens (tertiary/aromatic N) is 2. The second kappa shape index (κ2) is 8.15. The zero-order chi connectivity index (χ0) is 19.2. The van der Waals surface area contributed by atoms with E-state index in [2.05, 4.69) is 35.5 Å². The third-order valence-corrected chi connectivity index (χ3v) is 4.17. The van der Waals surface area contributed by atoms with E-state index in [1.807, 2.05) is 36.4 Å². The van der Waals surface area contributed by atoms with Gasteiger partial charge in [-0.25, -0.2) is 4.98 Å². The van der Waals surface area contributed by atoms with Crippen LogP contribution in [0, 0.1) is 11.3 Å². The highest BCUT2D eigenvalue weighted by Gasteiger charge is 2.11. The number of anilines is 3. The Labute approximate surface area is 158 Å². The Bertz CT molecular complexity index is 988. The lowest BCUT2D eigenvalue weighted by Gasteiger charge is -2.13. The van der Waals surface area contributed by atoms with E-state index >= 15 is 0 Å². The molecule has 2 N–H and O–H groups in total. The van der Waals surface area contributed by atoms with Crippen LogP contribution < -0.4 is 10.6 Å². The van der Waals surface area contributed by atoms with Gasteiger partial charge in [0, 0.05) is 11.9 Å². The first-order chi connectivity index (χ1) is 13.1. The molecule has 0 radical (unpaired) electrons. The summed E-state index contributed by atoms with van der Waals surface area (Å²) in [6.45, 7) is 4.18. The maximum Gasteiger partial charge on any atom is 0.257 e. The first-order valence-corrected chi connectivity index (χ1v) is 8.71. The Morgan fingerprint density at radius 3 is 2.37 bits per heavy atom. The first kappa shape index (κ1) is 18.2. The maximum atomic E-state index is 12.5. The van der Waals surface area contributed by atoms with Crippen molar-refractivity contribution in [1.82, 2.24) is 4.98 Å². The van der Waals surface area contributed by atoms with Gasteiger partial charge < -0.3 is 10.6 Å². The van der Waals surface area contributed by atoms with Crippen molar-refractivity contribution in [2.45, 2.75) is 19.8 Å². The molecular weight excluding hydrogens is 336 g/mol. The number of hydrogen-bond donors (Lipinski definition) is 2. The van der Waals surface area contributed by atoms with Crippen LogP contribution in [0.3, 0.4) is 0 Å². The molecule has 0 saturated carbocycles. The number of amides is 1. The number of aromatic nitrogens is 1. The van der Waals surface area contributed by atoms with Crippen molar-refractivity contribution in [1.29, 1.82) is 5.26 Å². The lowest BCUT2D eigenvalue weighted by molar-refractivity contribution is 0.102. The highest BCUT2D eigenvalue weighted by atomic mass is 16.1. The molecule has 0 aliphatic carbocycles. The lowest BCUT2D eigenvalue weighted by Crippen LogP contribution is -2.14. The second-order valence-corrected chi connectivity index (χ2v) is 6.41. The van der Waals surface area contributed by atoms with Crippen LogP contribution >= 0.6 is 0 Å². The highest BCUT2D eigenvalue weighted by Crippen LogP contribution is 2.24. The van der Waals surface area contributed by atoms with Gasteiger partial charge in [0.25, 0.3) is 5.91 Å². The molecule has 3 aromatic rings. The summed E-state index contributed by atoms with van der Waals surface area (Å²) in [6.07, 6.45) is 1.52. The van der Waals surface area contributed by atoms with Gasteiger partial charge in [0.2, 0.25) is 0 Å². The summed E-state index contributed by atoms with van der Waals surface area (Å²) < 4.78 is 0. The summed E-state index contributed by atoms with van der Waals surface area (Å²) in [5.74, 6) is 0.669. The average Bonchev–Trinajstić information content (AvgIpc) is 2.69. The SMILES string of the molecule is CC(C)c1ccccc1NC(=O)c1ccc(Nc2ccccc2C#N)nc1. The molecule has 5 heteroatoms. The van der Waals surface area contributed by atoms with Gasteiger partial charge in [0.1, 0.15) is 11.9 Å². The van der Waals surface area contributed by atoms with Crippen LogP contribution in [-0.2, 0) is 0 Å². The summed E-state index contributed by atoms with van der Waals surface area (Å²) in [5.41, 5.74) is 3.57. The van der Waals surface area contributed by atoms with Crippen LogP contribution in [0.4, 0.5) is 17.2 Å². The van der Waals surface area contributed by atoms with Crippen LogP contribution in [0.25, 0.3) is 0 Å². The van der Waals surface area contributed by atoms with Gasteiger partial charge in [-0.3, -0.25) is 4.79 Å². The molecule has 3 rings (SSSR count). The van der Waals surface area contributed by atoms with Crippen LogP contribution in [0.15, 0.2) is 66.9 Å². The number of nitrogens with one attached hydrogen (secondary N) is 2. The predicted octanol–water partition coefficient (Wildman–Crippen LogP) is 5.07. The van der Waals surface area contributed by atoms with Crippen molar-refractivity contribution in [2.24, 2.45) is 0 Å². The zero-order valence-corrected chi connectivity index (χ0v) is 15.2. The van der Waals surface area contributed by atoms with Crippen molar-refractivity contribution in [3.05, 3.63) is 83.6 Å². The molecule has 5 nitrogen and oxygen atoms in total. The van der Waals surface area contributed by atoms with Gasteiger partial charge in [-0.2, -0.15) is 5.26 Å². The highest BCUT2D eigenvalue weighted by molar-refractivity contribution is 6.04. The fourth-order valence-electron chi connectivity index (χ4n) is 2.74. The Balaban J connectivity index is 1.74. The fraction of sp³-hybridized carbons (Fsp3) is 0.136. The smallest absolute Gasteiger partial charge is 0.257 e. The number of nitriles is 1. The van der Waals surface area contributed by atoms with Crippen molar-refractivity contribution in [3.8, 4) is 6.07 Å². The molecule has 0 fully saturated rings.